The van der Waals surface area contributed by atoms with Crippen LogP contribution in [0.3, 0.4) is 0 Å². The molecule has 0 saturated carbocycles. The molecule has 3 amide bonds. The van der Waals surface area contributed by atoms with Crippen molar-refractivity contribution in [2.75, 3.05) is 10.6 Å². The van der Waals surface area contributed by atoms with Crippen molar-refractivity contribution in [1.82, 2.24) is 5.32 Å². The number of rotatable bonds is 11. The zero-order valence-electron chi connectivity index (χ0n) is 22.4. The van der Waals surface area contributed by atoms with E-state index in [0.29, 0.717) is 23.4 Å². The second-order valence-electron chi connectivity index (χ2n) is 8.99. The van der Waals surface area contributed by atoms with E-state index in [2.05, 4.69) is 16.0 Å². The molecule has 12 heteroatoms. The lowest BCUT2D eigenvalue weighted by Crippen LogP contribution is -2.30. The van der Waals surface area contributed by atoms with Crippen LogP contribution in [-0.4, -0.2) is 31.4 Å². The fraction of sp³-hybridized carbons (Fsp3) is 0.100. The molecule has 4 rings (SSSR count). The third kappa shape index (κ3) is 8.63. The first-order valence-corrected chi connectivity index (χ1v) is 16.1. The molecule has 3 aromatic carbocycles. The molecular weight excluding hydrogens is 593 g/mol. The summed E-state index contributed by atoms with van der Waals surface area (Å²) in [5.41, 5.74) is 2.21. The van der Waals surface area contributed by atoms with E-state index in [9.17, 15) is 22.8 Å². The molecule has 0 radical (unpaired) electrons. The maximum Gasteiger partial charge on any atom is 0.272 e. The van der Waals surface area contributed by atoms with Crippen LogP contribution < -0.4 is 21.1 Å². The Bertz CT molecular complexity index is 1690. The molecule has 0 aliphatic carbocycles. The molecule has 9 nitrogen and oxygen atoms in total. The van der Waals surface area contributed by atoms with Crippen LogP contribution in [0.2, 0.25) is 0 Å². The van der Waals surface area contributed by atoms with E-state index in [1.54, 1.807) is 54.6 Å². The van der Waals surface area contributed by atoms with Gasteiger partial charge in [0.2, 0.25) is 15.9 Å². The van der Waals surface area contributed by atoms with E-state index in [4.69, 9.17) is 5.14 Å². The number of nitrogens with two attached hydrogens (primary N) is 1. The molecule has 1 unspecified atom stereocenters. The monoisotopic (exact) mass is 620 g/mol. The fourth-order valence-corrected chi connectivity index (χ4v) is 5.90. The van der Waals surface area contributed by atoms with Gasteiger partial charge in [-0.3, -0.25) is 14.4 Å². The smallest absolute Gasteiger partial charge is 0.272 e. The predicted octanol–water partition coefficient (Wildman–Crippen LogP) is 5.31. The summed E-state index contributed by atoms with van der Waals surface area (Å²) in [7, 11) is -3.83. The number of hydrogen-bond donors (Lipinski definition) is 4. The highest BCUT2D eigenvalue weighted by atomic mass is 32.2. The van der Waals surface area contributed by atoms with Crippen LogP contribution in [0.4, 0.5) is 11.4 Å². The quantitative estimate of drug-likeness (QED) is 0.132. The highest BCUT2D eigenvalue weighted by Crippen LogP contribution is 2.29. The zero-order valence-corrected chi connectivity index (χ0v) is 24.9. The van der Waals surface area contributed by atoms with Gasteiger partial charge in [0.15, 0.2) is 0 Å². The van der Waals surface area contributed by atoms with Crippen molar-refractivity contribution in [1.29, 1.82) is 0 Å². The highest BCUT2D eigenvalue weighted by Gasteiger charge is 2.20. The molecule has 1 atom stereocenters. The number of amides is 3. The third-order valence-electron chi connectivity index (χ3n) is 5.87. The number of benzene rings is 3. The molecule has 1 aromatic heterocycles. The van der Waals surface area contributed by atoms with Crippen LogP contribution in [-0.2, 0) is 19.6 Å². The van der Waals surface area contributed by atoms with Gasteiger partial charge in [-0.2, -0.15) is 11.3 Å². The molecule has 0 fully saturated rings. The molecule has 5 N–H and O–H groups in total. The van der Waals surface area contributed by atoms with Gasteiger partial charge in [-0.05, 0) is 89.5 Å². The normalized spacial score (nSPS) is 12.3. The highest BCUT2D eigenvalue weighted by molar-refractivity contribution is 8.00. The van der Waals surface area contributed by atoms with Gasteiger partial charge in [0.1, 0.15) is 5.70 Å². The standard InChI is InChI=1S/C30H28N4O5S3/c1-2-27(30(37)32-22-11-13-25(14-12-22)42(31,38)39)41-24-10-6-9-23(18-24)33-29(36)26(17-20-15-16-40-19-20)34-28(35)21-7-4-3-5-8-21/h3-19,27H,2H2,1H3,(H,32,37)(H,33,36)(H,34,35)(H2,31,38,39)/b26-17-. The minimum absolute atomic E-state index is 0.0475. The topological polar surface area (TPSA) is 147 Å². The van der Waals surface area contributed by atoms with Crippen molar-refractivity contribution in [3.63, 3.8) is 0 Å². The molecule has 0 saturated heterocycles. The summed E-state index contributed by atoms with van der Waals surface area (Å²) in [6, 6.07) is 23.1. The van der Waals surface area contributed by atoms with Crippen molar-refractivity contribution >= 4 is 68.3 Å². The number of nitrogens with one attached hydrogen (secondary N) is 3. The van der Waals surface area contributed by atoms with Crippen LogP contribution in [0, 0.1) is 0 Å². The summed E-state index contributed by atoms with van der Waals surface area (Å²) < 4.78 is 22.9. The van der Waals surface area contributed by atoms with E-state index < -0.39 is 27.1 Å². The summed E-state index contributed by atoms with van der Waals surface area (Å²) in [6.45, 7) is 1.88. The first-order valence-electron chi connectivity index (χ1n) is 12.7. The van der Waals surface area contributed by atoms with Crippen LogP contribution in [0.1, 0.15) is 29.3 Å². The average Bonchev–Trinajstić information content (AvgIpc) is 3.49. The Morgan fingerprint density at radius 1 is 0.929 bits per heavy atom. The second-order valence-corrected chi connectivity index (χ2v) is 12.6. The van der Waals surface area contributed by atoms with Crippen molar-refractivity contribution in [3.05, 3.63) is 113 Å². The summed E-state index contributed by atoms with van der Waals surface area (Å²) in [5.74, 6) is -1.17. The first kappa shape index (κ1) is 30.7. The number of carbonyl (C=O) groups is 3. The van der Waals surface area contributed by atoms with E-state index in [1.165, 1.54) is 47.4 Å². The Hall–Kier alpha value is -4.23. The minimum atomic E-state index is -3.83. The molecule has 0 spiro atoms. The predicted molar refractivity (Wildman–Crippen MR) is 168 cm³/mol. The maximum absolute atomic E-state index is 13.3. The van der Waals surface area contributed by atoms with Gasteiger partial charge in [0, 0.05) is 21.8 Å². The number of carbonyl (C=O) groups excluding carboxylic acids is 3. The number of primary sulfonamides is 1. The molecule has 0 aliphatic rings. The van der Waals surface area contributed by atoms with Gasteiger partial charge < -0.3 is 16.0 Å². The number of thioether (sulfide) groups is 1. The molecule has 42 heavy (non-hydrogen) atoms. The lowest BCUT2D eigenvalue weighted by Gasteiger charge is -2.16. The van der Waals surface area contributed by atoms with E-state index >= 15 is 0 Å². The number of sulfonamides is 1. The van der Waals surface area contributed by atoms with E-state index in [-0.39, 0.29) is 16.5 Å². The largest absolute Gasteiger partial charge is 0.325 e. The molecular formula is C30H28N4O5S3. The summed E-state index contributed by atoms with van der Waals surface area (Å²) in [5, 5.41) is 16.8. The van der Waals surface area contributed by atoms with Crippen LogP contribution in [0.25, 0.3) is 6.08 Å². The summed E-state index contributed by atoms with van der Waals surface area (Å²) >= 11 is 2.80. The number of anilines is 2. The van der Waals surface area contributed by atoms with E-state index in [0.717, 1.165) is 10.5 Å². The second kappa shape index (κ2) is 14.1. The number of thiophene rings is 1. The Kier molecular flexibility index (Phi) is 10.3. The molecule has 216 valence electrons. The summed E-state index contributed by atoms with van der Waals surface area (Å²) in [4.78, 5) is 39.7. The maximum atomic E-state index is 13.3. The van der Waals surface area contributed by atoms with Crippen molar-refractivity contribution < 1.29 is 22.8 Å². The van der Waals surface area contributed by atoms with Gasteiger partial charge >= 0.3 is 0 Å². The summed E-state index contributed by atoms with van der Waals surface area (Å²) in [6.07, 6.45) is 2.12. The van der Waals surface area contributed by atoms with Crippen LogP contribution in [0.5, 0.6) is 0 Å². The van der Waals surface area contributed by atoms with Crippen molar-refractivity contribution in [3.8, 4) is 0 Å². The lowest BCUT2D eigenvalue weighted by atomic mass is 10.2. The van der Waals surface area contributed by atoms with Gasteiger partial charge in [-0.15, -0.1) is 11.8 Å². The molecule has 4 aromatic rings. The molecule has 1 heterocycles. The lowest BCUT2D eigenvalue weighted by molar-refractivity contribution is -0.116. The van der Waals surface area contributed by atoms with Gasteiger partial charge in [-0.25, -0.2) is 13.6 Å². The van der Waals surface area contributed by atoms with Crippen LogP contribution in [0.15, 0.2) is 111 Å². The average molecular weight is 621 g/mol. The van der Waals surface area contributed by atoms with Gasteiger partial charge in [-0.1, -0.05) is 31.2 Å². The van der Waals surface area contributed by atoms with E-state index in [1.807, 2.05) is 29.8 Å². The number of hydrogen-bond acceptors (Lipinski definition) is 7. The minimum Gasteiger partial charge on any atom is -0.325 e. The van der Waals surface area contributed by atoms with Crippen LogP contribution >= 0.6 is 23.1 Å². The Balaban J connectivity index is 1.45. The van der Waals surface area contributed by atoms with Crippen molar-refractivity contribution in [2.24, 2.45) is 5.14 Å². The van der Waals surface area contributed by atoms with Gasteiger partial charge in [0.25, 0.3) is 11.8 Å². The molecule has 0 aliphatic heterocycles. The first-order chi connectivity index (χ1) is 20.1. The Morgan fingerprint density at radius 2 is 1.67 bits per heavy atom. The fourth-order valence-electron chi connectivity index (χ4n) is 3.75. The SMILES string of the molecule is CCC(Sc1cccc(NC(=O)/C(=C/c2ccsc2)NC(=O)c2ccccc2)c1)C(=O)Nc1ccc(S(N)(=O)=O)cc1. The van der Waals surface area contributed by atoms with Gasteiger partial charge in [0.05, 0.1) is 10.1 Å². The zero-order chi connectivity index (χ0) is 30.1. The Morgan fingerprint density at radius 3 is 2.31 bits per heavy atom. The third-order valence-corrected chi connectivity index (χ3v) is 8.86. The Labute approximate surface area is 252 Å². The molecule has 0 bridgehead atoms. The van der Waals surface area contributed by atoms with Crippen molar-refractivity contribution in [2.45, 2.75) is 28.4 Å².